The molecule has 7 nitrogen and oxygen atoms in total. The Hall–Kier alpha value is -3.74. The van der Waals surface area contributed by atoms with Crippen molar-refractivity contribution in [3.63, 3.8) is 0 Å². The number of aromatic nitrogens is 1. The van der Waals surface area contributed by atoms with E-state index < -0.39 is 12.0 Å². The number of allylic oxidation sites excluding steroid dienone is 1. The van der Waals surface area contributed by atoms with Crippen molar-refractivity contribution in [2.24, 2.45) is 4.99 Å². The van der Waals surface area contributed by atoms with Gasteiger partial charge in [-0.25, -0.2) is 9.79 Å². The fourth-order valence-corrected chi connectivity index (χ4v) is 8.49. The molecule has 10 heteroatoms. The van der Waals surface area contributed by atoms with Gasteiger partial charge in [0.1, 0.15) is 24.1 Å². The van der Waals surface area contributed by atoms with Gasteiger partial charge < -0.3 is 14.2 Å². The third-order valence-electron chi connectivity index (χ3n) is 7.66. The molecule has 6 rings (SSSR count). The molecule has 2 heterocycles. The zero-order valence-electron chi connectivity index (χ0n) is 26.3. The maximum atomic E-state index is 14.2. The van der Waals surface area contributed by atoms with Crippen LogP contribution >= 0.6 is 49.9 Å². The molecule has 0 spiro atoms. The number of carbonyl (C=O) groups excluding carboxylic acids is 1. The van der Waals surface area contributed by atoms with Crippen LogP contribution in [0.25, 0.3) is 16.8 Å². The summed E-state index contributed by atoms with van der Waals surface area (Å²) < 4.78 is 21.7. The lowest BCUT2D eigenvalue weighted by atomic mass is 9.95. The van der Waals surface area contributed by atoms with E-state index >= 15 is 0 Å². The van der Waals surface area contributed by atoms with Crippen molar-refractivity contribution in [1.82, 2.24) is 4.57 Å². The van der Waals surface area contributed by atoms with Gasteiger partial charge in [0.05, 0.1) is 36.6 Å². The number of ether oxygens (including phenoxy) is 3. The van der Waals surface area contributed by atoms with Crippen LogP contribution in [0.5, 0.6) is 11.5 Å². The number of nitrogens with zero attached hydrogens (tertiary/aromatic N) is 2. The molecule has 0 aliphatic carbocycles. The molecule has 0 radical (unpaired) electrons. The van der Waals surface area contributed by atoms with Crippen LogP contribution in [0.3, 0.4) is 0 Å². The minimum atomic E-state index is -0.765. The van der Waals surface area contributed by atoms with E-state index in [1.54, 1.807) is 18.4 Å². The molecule has 0 amide bonds. The number of rotatable bonds is 9. The second-order valence-electron chi connectivity index (χ2n) is 11.2. The van der Waals surface area contributed by atoms with Gasteiger partial charge in [-0.1, -0.05) is 72.0 Å². The highest BCUT2D eigenvalue weighted by Gasteiger charge is 2.35. The fourth-order valence-electron chi connectivity index (χ4n) is 5.67. The van der Waals surface area contributed by atoms with Crippen LogP contribution in [0.2, 0.25) is 0 Å². The maximum absolute atomic E-state index is 14.2. The van der Waals surface area contributed by atoms with Crippen molar-refractivity contribution in [3.8, 4) is 11.5 Å². The van der Waals surface area contributed by atoms with Crippen LogP contribution < -0.4 is 24.4 Å². The Bertz CT molecular complexity index is 2190. The van der Waals surface area contributed by atoms with Gasteiger partial charge >= 0.3 is 5.97 Å². The summed E-state index contributed by atoms with van der Waals surface area (Å²) in [6.07, 6.45) is 1.74. The van der Waals surface area contributed by atoms with Crippen LogP contribution in [0.1, 0.15) is 50.4 Å². The molecule has 1 atom stereocenters. The van der Waals surface area contributed by atoms with Gasteiger partial charge in [0.25, 0.3) is 5.56 Å². The number of thiazole rings is 1. The Kier molecular flexibility index (Phi) is 10.00. The van der Waals surface area contributed by atoms with Gasteiger partial charge in [0.2, 0.25) is 0 Å². The van der Waals surface area contributed by atoms with Crippen LogP contribution in [0.15, 0.2) is 104 Å². The van der Waals surface area contributed by atoms with E-state index in [1.807, 2.05) is 74.5 Å². The Morgan fingerprint density at radius 3 is 2.60 bits per heavy atom. The molecular formula is C37H32BrIN2O5S. The van der Waals surface area contributed by atoms with Crippen molar-refractivity contribution in [3.05, 3.63) is 135 Å². The predicted molar refractivity (Wildman–Crippen MR) is 198 cm³/mol. The van der Waals surface area contributed by atoms with E-state index in [-0.39, 0.29) is 18.3 Å². The monoisotopic (exact) mass is 822 g/mol. The van der Waals surface area contributed by atoms with Crippen molar-refractivity contribution >= 4 is 72.7 Å². The molecule has 0 saturated heterocycles. The van der Waals surface area contributed by atoms with Gasteiger partial charge in [-0.3, -0.25) is 9.36 Å². The molecule has 240 valence electrons. The standard InChI is InChI=1S/C37H32BrIN2O5S/c1-5-44-36(43)32-22(4)40-37-41(33(32)27-15-8-9-16-30(27)46-21(2)3)35(42)31(47-37)19-23-17-28(38)34(29(39)18-23)45-20-25-13-10-12-24-11-6-7-14-26(24)25/h6-19,21,33H,5,20H2,1-4H3/b31-19+/t33-/m1/s1. The average molecular weight is 824 g/mol. The molecular weight excluding hydrogens is 791 g/mol. The third-order valence-corrected chi connectivity index (χ3v) is 10.0. The smallest absolute Gasteiger partial charge is 0.338 e. The molecule has 0 N–H and O–H groups in total. The van der Waals surface area contributed by atoms with Crippen LogP contribution in [-0.2, 0) is 16.1 Å². The predicted octanol–water partition coefficient (Wildman–Crippen LogP) is 7.68. The van der Waals surface area contributed by atoms with Crippen molar-refractivity contribution in [1.29, 1.82) is 0 Å². The summed E-state index contributed by atoms with van der Waals surface area (Å²) in [6.45, 7) is 8.03. The van der Waals surface area contributed by atoms with Gasteiger partial charge in [0.15, 0.2) is 4.80 Å². The lowest BCUT2D eigenvalue weighted by Gasteiger charge is -2.26. The van der Waals surface area contributed by atoms with Crippen molar-refractivity contribution < 1.29 is 19.0 Å². The second kappa shape index (κ2) is 14.2. The average Bonchev–Trinajstić information content (AvgIpc) is 3.33. The lowest BCUT2D eigenvalue weighted by Crippen LogP contribution is -2.40. The number of hydrogen-bond donors (Lipinski definition) is 0. The van der Waals surface area contributed by atoms with Gasteiger partial charge in [-0.05, 0) is 112 Å². The van der Waals surface area contributed by atoms with Crippen LogP contribution in [0, 0.1) is 3.57 Å². The summed E-state index contributed by atoms with van der Waals surface area (Å²) in [5.74, 6) is 0.815. The summed E-state index contributed by atoms with van der Waals surface area (Å²) in [5, 5.41) is 2.33. The first-order chi connectivity index (χ1) is 22.7. The van der Waals surface area contributed by atoms with E-state index in [0.29, 0.717) is 38.5 Å². The highest BCUT2D eigenvalue weighted by Crippen LogP contribution is 2.37. The van der Waals surface area contributed by atoms with Crippen molar-refractivity contribution in [2.45, 2.75) is 46.4 Å². The second-order valence-corrected chi connectivity index (χ2v) is 14.3. The first-order valence-electron chi connectivity index (χ1n) is 15.2. The first-order valence-corrected chi connectivity index (χ1v) is 17.9. The molecule has 5 aromatic rings. The van der Waals surface area contributed by atoms with Crippen molar-refractivity contribution in [2.75, 3.05) is 6.61 Å². The number of hydrogen-bond acceptors (Lipinski definition) is 7. The Balaban J connectivity index is 1.40. The van der Waals surface area contributed by atoms with Gasteiger partial charge in [-0.15, -0.1) is 0 Å². The zero-order valence-corrected chi connectivity index (χ0v) is 30.8. The highest BCUT2D eigenvalue weighted by molar-refractivity contribution is 14.1. The van der Waals surface area contributed by atoms with Crippen LogP contribution in [0.4, 0.5) is 0 Å². The molecule has 1 aliphatic rings. The summed E-state index contributed by atoms with van der Waals surface area (Å²) in [4.78, 5) is 32.8. The minimum Gasteiger partial charge on any atom is -0.491 e. The van der Waals surface area contributed by atoms with E-state index in [1.165, 1.54) is 16.7 Å². The number of fused-ring (bicyclic) bond motifs is 2. The lowest BCUT2D eigenvalue weighted by molar-refractivity contribution is -0.139. The number of benzene rings is 4. The number of esters is 1. The molecule has 0 bridgehead atoms. The Morgan fingerprint density at radius 1 is 1.09 bits per heavy atom. The van der Waals surface area contributed by atoms with E-state index in [4.69, 9.17) is 19.2 Å². The minimum absolute atomic E-state index is 0.108. The van der Waals surface area contributed by atoms with Gasteiger partial charge in [-0.2, -0.15) is 0 Å². The number of carbonyl (C=O) groups is 1. The zero-order chi connectivity index (χ0) is 33.2. The molecule has 0 fully saturated rings. The SMILES string of the molecule is CCOC(=O)C1=C(C)N=c2s/c(=C/c3cc(Br)c(OCc4cccc5ccccc45)c(I)c3)c(=O)n2[C@@H]1c1ccccc1OC(C)C. The van der Waals surface area contributed by atoms with E-state index in [2.05, 4.69) is 62.8 Å². The summed E-state index contributed by atoms with van der Waals surface area (Å²) >= 11 is 7.25. The van der Waals surface area contributed by atoms with E-state index in [9.17, 15) is 9.59 Å². The summed E-state index contributed by atoms with van der Waals surface area (Å²) in [5.41, 5.74) is 3.18. The quantitative estimate of drug-likeness (QED) is 0.113. The molecule has 4 aromatic carbocycles. The summed E-state index contributed by atoms with van der Waals surface area (Å²) in [7, 11) is 0. The molecule has 1 aliphatic heterocycles. The van der Waals surface area contributed by atoms with Gasteiger partial charge in [0, 0.05) is 5.56 Å². The molecule has 1 aromatic heterocycles. The maximum Gasteiger partial charge on any atom is 0.338 e. The topological polar surface area (TPSA) is 79.1 Å². The molecule has 0 unspecified atom stereocenters. The largest absolute Gasteiger partial charge is 0.491 e. The molecule has 0 saturated carbocycles. The Labute approximate surface area is 298 Å². The van der Waals surface area contributed by atoms with Crippen LogP contribution in [-0.4, -0.2) is 23.2 Å². The molecule has 47 heavy (non-hydrogen) atoms. The number of para-hydroxylation sites is 1. The normalized spacial score (nSPS) is 14.7. The van der Waals surface area contributed by atoms with E-state index in [0.717, 1.165) is 30.3 Å². The Morgan fingerprint density at radius 2 is 1.83 bits per heavy atom. The fraction of sp³-hybridized carbons (Fsp3) is 0.216. The first kappa shape index (κ1) is 33.2. The number of halogens is 2. The summed E-state index contributed by atoms with van der Waals surface area (Å²) in [6, 6.07) is 25.1. The highest BCUT2D eigenvalue weighted by atomic mass is 127. The third kappa shape index (κ3) is 6.81.